The summed E-state index contributed by atoms with van der Waals surface area (Å²) in [7, 11) is -1.22. The van der Waals surface area contributed by atoms with Crippen molar-refractivity contribution in [2.45, 2.75) is 11.1 Å². The van der Waals surface area contributed by atoms with Gasteiger partial charge in [-0.15, -0.1) is 10.2 Å². The molecule has 0 amide bonds. The molecule has 4 rings (SSSR count). The lowest BCUT2D eigenvalue weighted by atomic mass is 10.1. The third-order valence-corrected chi connectivity index (χ3v) is 7.66. The lowest BCUT2D eigenvalue weighted by Crippen LogP contribution is -2.49. The standard InChI is InChI=1S/C23H23F3N4O4S/c1-33-19-9-7-16(15-20(19)34-2)18-8-10-22(28-27-18)29-11-13-30(14-12-29)35(31,32)21-6-4-3-5-17(21)23(24,25)26/h3-10,15H,11-14H2,1-2H3. The van der Waals surface area contributed by atoms with Crippen LogP contribution in [0.2, 0.25) is 0 Å². The average Bonchev–Trinajstić information content (AvgIpc) is 2.88. The molecule has 186 valence electrons. The highest BCUT2D eigenvalue weighted by Gasteiger charge is 2.39. The van der Waals surface area contributed by atoms with E-state index in [-0.39, 0.29) is 26.2 Å². The first kappa shape index (κ1) is 24.7. The zero-order chi connectivity index (χ0) is 25.2. The molecule has 0 aliphatic carbocycles. The maximum absolute atomic E-state index is 13.3. The number of benzene rings is 2. The molecule has 0 N–H and O–H groups in total. The van der Waals surface area contributed by atoms with Crippen molar-refractivity contribution in [2.75, 3.05) is 45.3 Å². The topological polar surface area (TPSA) is 84.9 Å². The number of sulfonamides is 1. The van der Waals surface area contributed by atoms with Crippen LogP contribution in [0.1, 0.15) is 5.56 Å². The second-order valence-corrected chi connectivity index (χ2v) is 9.64. The van der Waals surface area contributed by atoms with Crippen molar-refractivity contribution in [3.63, 3.8) is 0 Å². The van der Waals surface area contributed by atoms with Crippen LogP contribution in [0.15, 0.2) is 59.5 Å². The molecule has 35 heavy (non-hydrogen) atoms. The fourth-order valence-electron chi connectivity index (χ4n) is 3.87. The van der Waals surface area contributed by atoms with Gasteiger partial charge >= 0.3 is 6.18 Å². The number of aromatic nitrogens is 2. The molecule has 1 aromatic heterocycles. The number of nitrogens with zero attached hydrogens (tertiary/aromatic N) is 4. The molecule has 0 bridgehead atoms. The van der Waals surface area contributed by atoms with Crippen molar-refractivity contribution >= 4 is 15.8 Å². The molecule has 0 saturated carbocycles. The van der Waals surface area contributed by atoms with Gasteiger partial charge in [-0.25, -0.2) is 8.42 Å². The SMILES string of the molecule is COc1ccc(-c2ccc(N3CCN(S(=O)(=O)c4ccccc4C(F)(F)F)CC3)nn2)cc1OC. The Morgan fingerprint density at radius 3 is 2.14 bits per heavy atom. The Balaban J connectivity index is 1.47. The van der Waals surface area contributed by atoms with E-state index in [0.29, 0.717) is 23.0 Å². The molecule has 1 saturated heterocycles. The van der Waals surface area contributed by atoms with E-state index in [0.717, 1.165) is 22.0 Å². The van der Waals surface area contributed by atoms with Gasteiger partial charge in [0.05, 0.1) is 30.4 Å². The number of ether oxygens (including phenoxy) is 2. The highest BCUT2D eigenvalue weighted by atomic mass is 32.2. The van der Waals surface area contributed by atoms with Crippen LogP contribution in [0, 0.1) is 0 Å². The molecule has 0 atom stereocenters. The minimum absolute atomic E-state index is 0.0215. The van der Waals surface area contributed by atoms with Gasteiger partial charge in [-0.3, -0.25) is 0 Å². The third-order valence-electron chi connectivity index (χ3n) is 5.70. The summed E-state index contributed by atoms with van der Waals surface area (Å²) in [4.78, 5) is 1.10. The van der Waals surface area contributed by atoms with Crippen molar-refractivity contribution in [1.82, 2.24) is 14.5 Å². The van der Waals surface area contributed by atoms with Crippen LogP contribution in [0.5, 0.6) is 11.5 Å². The van der Waals surface area contributed by atoms with E-state index in [9.17, 15) is 21.6 Å². The van der Waals surface area contributed by atoms with Gasteiger partial charge in [-0.2, -0.15) is 17.5 Å². The lowest BCUT2D eigenvalue weighted by Gasteiger charge is -2.34. The first-order valence-electron chi connectivity index (χ1n) is 10.6. The molecule has 2 aromatic carbocycles. The van der Waals surface area contributed by atoms with Crippen molar-refractivity contribution in [1.29, 1.82) is 0 Å². The number of halogens is 3. The van der Waals surface area contributed by atoms with Crippen molar-refractivity contribution in [3.8, 4) is 22.8 Å². The zero-order valence-electron chi connectivity index (χ0n) is 19.0. The van der Waals surface area contributed by atoms with Crippen LogP contribution in [-0.2, 0) is 16.2 Å². The largest absolute Gasteiger partial charge is 0.493 e. The van der Waals surface area contributed by atoms with E-state index in [1.807, 2.05) is 11.0 Å². The Morgan fingerprint density at radius 1 is 0.857 bits per heavy atom. The number of alkyl halides is 3. The van der Waals surface area contributed by atoms with E-state index in [1.54, 1.807) is 31.4 Å². The highest BCUT2D eigenvalue weighted by molar-refractivity contribution is 7.89. The second-order valence-electron chi connectivity index (χ2n) is 7.73. The summed E-state index contributed by atoms with van der Waals surface area (Å²) in [5, 5.41) is 8.52. The molecule has 12 heteroatoms. The molecule has 8 nitrogen and oxygen atoms in total. The maximum Gasteiger partial charge on any atom is 0.417 e. The van der Waals surface area contributed by atoms with Gasteiger partial charge in [0, 0.05) is 31.7 Å². The molecular weight excluding hydrogens is 485 g/mol. The van der Waals surface area contributed by atoms with E-state index >= 15 is 0 Å². The maximum atomic E-state index is 13.3. The lowest BCUT2D eigenvalue weighted by molar-refractivity contribution is -0.139. The molecular formula is C23H23F3N4O4S. The van der Waals surface area contributed by atoms with E-state index < -0.39 is 26.7 Å². The first-order valence-corrected chi connectivity index (χ1v) is 12.1. The van der Waals surface area contributed by atoms with E-state index in [2.05, 4.69) is 10.2 Å². The summed E-state index contributed by atoms with van der Waals surface area (Å²) in [6, 6.07) is 13.1. The van der Waals surface area contributed by atoms with Gasteiger partial charge < -0.3 is 14.4 Å². The summed E-state index contributed by atoms with van der Waals surface area (Å²) in [5.74, 6) is 1.69. The molecule has 0 radical (unpaired) electrons. The van der Waals surface area contributed by atoms with E-state index in [4.69, 9.17) is 9.47 Å². The van der Waals surface area contributed by atoms with Crippen LogP contribution in [0.25, 0.3) is 11.3 Å². The van der Waals surface area contributed by atoms with Gasteiger partial charge in [0.2, 0.25) is 10.0 Å². The van der Waals surface area contributed by atoms with Crippen LogP contribution >= 0.6 is 0 Å². The molecule has 1 aliphatic rings. The Morgan fingerprint density at radius 2 is 1.54 bits per heavy atom. The number of methoxy groups -OCH3 is 2. The monoisotopic (exact) mass is 508 g/mol. The Kier molecular flexibility index (Phi) is 6.86. The smallest absolute Gasteiger partial charge is 0.417 e. The van der Waals surface area contributed by atoms with Crippen molar-refractivity contribution in [3.05, 3.63) is 60.2 Å². The van der Waals surface area contributed by atoms with E-state index in [1.165, 1.54) is 19.2 Å². The molecule has 0 spiro atoms. The van der Waals surface area contributed by atoms with Gasteiger partial charge in [0.1, 0.15) is 0 Å². The van der Waals surface area contributed by atoms with Gasteiger partial charge in [0.15, 0.2) is 17.3 Å². The molecule has 3 aromatic rings. The Hall–Kier alpha value is -3.38. The number of anilines is 1. The predicted octanol–water partition coefficient (Wildman–Crippen LogP) is 3.69. The van der Waals surface area contributed by atoms with Crippen molar-refractivity contribution < 1.29 is 31.1 Å². The zero-order valence-corrected chi connectivity index (χ0v) is 19.8. The summed E-state index contributed by atoms with van der Waals surface area (Å²) in [5.41, 5.74) is 0.222. The fourth-order valence-corrected chi connectivity index (χ4v) is 5.50. The molecule has 1 fully saturated rings. The predicted molar refractivity (Wildman–Crippen MR) is 123 cm³/mol. The Labute approximate surface area is 201 Å². The number of rotatable bonds is 6. The van der Waals surface area contributed by atoms with Crippen LogP contribution in [0.4, 0.5) is 19.0 Å². The fraction of sp³-hybridized carbons (Fsp3) is 0.304. The summed E-state index contributed by atoms with van der Waals surface area (Å²) >= 11 is 0. The minimum Gasteiger partial charge on any atom is -0.493 e. The summed E-state index contributed by atoms with van der Waals surface area (Å²) < 4.78 is 77.6. The minimum atomic E-state index is -4.77. The number of hydrogen-bond donors (Lipinski definition) is 0. The van der Waals surface area contributed by atoms with Crippen LogP contribution in [0.3, 0.4) is 0 Å². The van der Waals surface area contributed by atoms with Gasteiger partial charge in [0.25, 0.3) is 0 Å². The van der Waals surface area contributed by atoms with Crippen molar-refractivity contribution in [2.24, 2.45) is 0 Å². The Bertz CT molecular complexity index is 1290. The summed E-state index contributed by atoms with van der Waals surface area (Å²) in [6.45, 7) is 0.566. The second kappa shape index (κ2) is 9.70. The molecule has 2 heterocycles. The molecule has 1 aliphatic heterocycles. The normalized spacial score (nSPS) is 15.2. The highest BCUT2D eigenvalue weighted by Crippen LogP contribution is 2.35. The van der Waals surface area contributed by atoms with Crippen LogP contribution in [-0.4, -0.2) is 63.3 Å². The quantitative estimate of drug-likeness (QED) is 0.502. The van der Waals surface area contributed by atoms with Gasteiger partial charge in [-0.05, 0) is 42.5 Å². The number of hydrogen-bond acceptors (Lipinski definition) is 7. The van der Waals surface area contributed by atoms with Gasteiger partial charge in [-0.1, -0.05) is 12.1 Å². The summed E-state index contributed by atoms with van der Waals surface area (Å²) in [6.07, 6.45) is -4.77. The third kappa shape index (κ3) is 5.03. The average molecular weight is 509 g/mol. The molecule has 0 unspecified atom stereocenters. The number of piperazine rings is 1. The first-order chi connectivity index (χ1) is 16.6. The van der Waals surface area contributed by atoms with Crippen LogP contribution < -0.4 is 14.4 Å².